The molecule has 0 radical (unpaired) electrons. The Morgan fingerprint density at radius 2 is 2.08 bits per heavy atom. The van der Waals surface area contributed by atoms with Gasteiger partial charge in [-0.2, -0.15) is 10.5 Å². The summed E-state index contributed by atoms with van der Waals surface area (Å²) in [6.07, 6.45) is 4.42. The molecular formula is C20H17N3OS. The Labute approximate surface area is 151 Å². The van der Waals surface area contributed by atoms with Crippen molar-refractivity contribution in [3.63, 3.8) is 0 Å². The van der Waals surface area contributed by atoms with Crippen LogP contribution in [0.1, 0.15) is 34.9 Å². The smallest absolute Gasteiger partial charge is 0.266 e. The number of hydrogen-bond acceptors (Lipinski definition) is 4. The van der Waals surface area contributed by atoms with Gasteiger partial charge in [0.1, 0.15) is 22.7 Å². The molecule has 124 valence electrons. The molecule has 0 unspecified atom stereocenters. The molecule has 0 saturated carbocycles. The highest BCUT2D eigenvalue weighted by Crippen LogP contribution is 2.39. The standard InChI is InChI=1S/C20H17N3OS/c1-13-7-8-16-17(12-22)20(25-18(16)9-13)23-19(24)15(11-21)10-14-5-3-2-4-6-14/h2-6,10,13H,7-9H2,1H3,(H,23,24)/b15-10-/t13-/m0/s1. The molecule has 1 atom stereocenters. The van der Waals surface area contributed by atoms with Gasteiger partial charge in [-0.05, 0) is 42.4 Å². The highest BCUT2D eigenvalue weighted by Gasteiger charge is 2.25. The van der Waals surface area contributed by atoms with E-state index in [1.54, 1.807) is 6.08 Å². The monoisotopic (exact) mass is 347 g/mol. The number of hydrogen-bond donors (Lipinski definition) is 1. The van der Waals surface area contributed by atoms with E-state index < -0.39 is 5.91 Å². The van der Waals surface area contributed by atoms with Gasteiger partial charge in [-0.15, -0.1) is 11.3 Å². The van der Waals surface area contributed by atoms with Gasteiger partial charge < -0.3 is 5.32 Å². The predicted octanol–water partition coefficient (Wildman–Crippen LogP) is 4.29. The zero-order valence-electron chi connectivity index (χ0n) is 13.9. The Morgan fingerprint density at radius 3 is 2.76 bits per heavy atom. The first-order valence-electron chi connectivity index (χ1n) is 8.15. The Bertz CT molecular complexity index is 913. The van der Waals surface area contributed by atoms with Gasteiger partial charge in [0.15, 0.2) is 0 Å². The summed E-state index contributed by atoms with van der Waals surface area (Å²) in [4.78, 5) is 13.7. The maximum Gasteiger partial charge on any atom is 0.266 e. The highest BCUT2D eigenvalue weighted by atomic mass is 32.1. The number of amides is 1. The van der Waals surface area contributed by atoms with Crippen LogP contribution in [0.15, 0.2) is 35.9 Å². The minimum absolute atomic E-state index is 0.0230. The molecule has 0 saturated heterocycles. The number of carbonyl (C=O) groups is 1. The van der Waals surface area contributed by atoms with E-state index in [1.807, 2.05) is 36.4 Å². The number of rotatable bonds is 3. The molecule has 2 aromatic rings. The summed E-state index contributed by atoms with van der Waals surface area (Å²) >= 11 is 1.46. The molecule has 1 aromatic carbocycles. The zero-order valence-corrected chi connectivity index (χ0v) is 14.7. The Kier molecular flexibility index (Phi) is 4.97. The third-order valence-electron chi connectivity index (χ3n) is 4.33. The zero-order chi connectivity index (χ0) is 17.8. The molecule has 5 heteroatoms. The van der Waals surface area contributed by atoms with Crippen molar-refractivity contribution in [2.45, 2.75) is 26.2 Å². The summed E-state index contributed by atoms with van der Waals surface area (Å²) < 4.78 is 0. The van der Waals surface area contributed by atoms with Gasteiger partial charge in [-0.3, -0.25) is 4.79 Å². The van der Waals surface area contributed by atoms with Crippen molar-refractivity contribution in [3.05, 3.63) is 57.5 Å². The Morgan fingerprint density at radius 1 is 1.32 bits per heavy atom. The lowest BCUT2D eigenvalue weighted by Crippen LogP contribution is -2.13. The van der Waals surface area contributed by atoms with Crippen molar-refractivity contribution in [2.24, 2.45) is 5.92 Å². The number of nitrogens with zero attached hydrogens (tertiary/aromatic N) is 2. The minimum Gasteiger partial charge on any atom is -0.312 e. The highest BCUT2D eigenvalue weighted by molar-refractivity contribution is 7.16. The van der Waals surface area contributed by atoms with E-state index in [9.17, 15) is 15.3 Å². The lowest BCUT2D eigenvalue weighted by Gasteiger charge is -2.17. The number of carbonyl (C=O) groups excluding carboxylic acids is 1. The van der Waals surface area contributed by atoms with Crippen molar-refractivity contribution in [3.8, 4) is 12.1 Å². The second-order valence-corrected chi connectivity index (χ2v) is 7.31. The van der Waals surface area contributed by atoms with Crippen LogP contribution in [0, 0.1) is 28.6 Å². The van der Waals surface area contributed by atoms with Crippen molar-refractivity contribution in [1.82, 2.24) is 0 Å². The van der Waals surface area contributed by atoms with Gasteiger partial charge in [0.05, 0.1) is 5.56 Å². The Balaban J connectivity index is 1.87. The summed E-state index contributed by atoms with van der Waals surface area (Å²) in [5.74, 6) is 0.114. The average Bonchev–Trinajstić information content (AvgIpc) is 2.96. The first-order valence-corrected chi connectivity index (χ1v) is 8.97. The van der Waals surface area contributed by atoms with Crippen molar-refractivity contribution < 1.29 is 4.79 Å². The van der Waals surface area contributed by atoms with Gasteiger partial charge in [-0.1, -0.05) is 37.3 Å². The fourth-order valence-electron chi connectivity index (χ4n) is 2.99. The number of benzene rings is 1. The van der Waals surface area contributed by atoms with Gasteiger partial charge in [-0.25, -0.2) is 0 Å². The molecule has 3 rings (SSSR count). The van der Waals surface area contributed by atoms with Gasteiger partial charge in [0.2, 0.25) is 0 Å². The van der Waals surface area contributed by atoms with Crippen LogP contribution in [0.25, 0.3) is 6.08 Å². The van der Waals surface area contributed by atoms with Crippen LogP contribution >= 0.6 is 11.3 Å². The van der Waals surface area contributed by atoms with Crippen molar-refractivity contribution >= 4 is 28.3 Å². The molecule has 1 aromatic heterocycles. The summed E-state index contributed by atoms with van der Waals surface area (Å²) in [5.41, 5.74) is 2.42. The fourth-order valence-corrected chi connectivity index (χ4v) is 4.35. The van der Waals surface area contributed by atoms with Crippen LogP contribution in [-0.4, -0.2) is 5.91 Å². The van der Waals surface area contributed by atoms with E-state index >= 15 is 0 Å². The van der Waals surface area contributed by atoms with Gasteiger partial charge >= 0.3 is 0 Å². The molecule has 0 aliphatic heterocycles. The molecule has 0 spiro atoms. The molecule has 4 nitrogen and oxygen atoms in total. The summed E-state index contributed by atoms with van der Waals surface area (Å²) in [6, 6.07) is 13.4. The first kappa shape index (κ1) is 17.0. The summed E-state index contributed by atoms with van der Waals surface area (Å²) in [5, 5.41) is 22.1. The molecule has 1 N–H and O–H groups in total. The number of anilines is 1. The number of nitrogens with one attached hydrogen (secondary N) is 1. The molecule has 1 amide bonds. The fraction of sp³-hybridized carbons (Fsp3) is 0.250. The third-order valence-corrected chi connectivity index (χ3v) is 5.50. The van der Waals surface area contributed by atoms with E-state index in [0.29, 0.717) is 16.5 Å². The molecule has 1 aliphatic rings. The molecule has 25 heavy (non-hydrogen) atoms. The topological polar surface area (TPSA) is 76.7 Å². The third kappa shape index (κ3) is 3.63. The van der Waals surface area contributed by atoms with Crippen LogP contribution in [0.5, 0.6) is 0 Å². The maximum absolute atomic E-state index is 12.5. The van der Waals surface area contributed by atoms with Crippen LogP contribution in [0.4, 0.5) is 5.00 Å². The second-order valence-electron chi connectivity index (χ2n) is 6.20. The van der Waals surface area contributed by atoms with E-state index in [4.69, 9.17) is 0 Å². The van der Waals surface area contributed by atoms with Crippen LogP contribution < -0.4 is 5.32 Å². The molecular weight excluding hydrogens is 330 g/mol. The van der Waals surface area contributed by atoms with Crippen LogP contribution in [-0.2, 0) is 17.6 Å². The average molecular weight is 347 g/mol. The molecule has 1 aliphatic carbocycles. The van der Waals surface area contributed by atoms with Crippen molar-refractivity contribution in [2.75, 3.05) is 5.32 Å². The molecule has 0 bridgehead atoms. The maximum atomic E-state index is 12.5. The largest absolute Gasteiger partial charge is 0.312 e. The van der Waals surface area contributed by atoms with Gasteiger partial charge in [0, 0.05) is 4.88 Å². The number of nitriles is 2. The molecule has 0 fully saturated rings. The predicted molar refractivity (Wildman–Crippen MR) is 98.9 cm³/mol. The number of thiophene rings is 1. The second kappa shape index (κ2) is 7.34. The molecule has 1 heterocycles. The lowest BCUT2D eigenvalue weighted by molar-refractivity contribution is -0.112. The van der Waals surface area contributed by atoms with Crippen LogP contribution in [0.2, 0.25) is 0 Å². The minimum atomic E-state index is -0.477. The SMILES string of the molecule is C[C@H]1CCc2c(sc(NC(=O)/C(C#N)=C\c3ccccc3)c2C#N)C1. The van der Waals surface area contributed by atoms with E-state index in [0.717, 1.165) is 30.4 Å². The first-order chi connectivity index (χ1) is 12.1. The summed E-state index contributed by atoms with van der Waals surface area (Å²) in [6.45, 7) is 2.20. The number of fused-ring (bicyclic) bond motifs is 1. The lowest BCUT2D eigenvalue weighted by atomic mass is 9.88. The normalized spacial score (nSPS) is 16.4. The Hall–Kier alpha value is -2.89. The van der Waals surface area contributed by atoms with E-state index in [1.165, 1.54) is 16.2 Å². The van der Waals surface area contributed by atoms with Gasteiger partial charge in [0.25, 0.3) is 5.91 Å². The summed E-state index contributed by atoms with van der Waals surface area (Å²) in [7, 11) is 0. The van der Waals surface area contributed by atoms with E-state index in [-0.39, 0.29) is 5.57 Å². The van der Waals surface area contributed by atoms with Crippen molar-refractivity contribution in [1.29, 1.82) is 10.5 Å². The quantitative estimate of drug-likeness (QED) is 0.664. The van der Waals surface area contributed by atoms with E-state index in [2.05, 4.69) is 18.3 Å². The van der Waals surface area contributed by atoms with Crippen LogP contribution in [0.3, 0.4) is 0 Å².